The highest BCUT2D eigenvalue weighted by Gasteiger charge is 2.22. The first-order chi connectivity index (χ1) is 9.65. The highest BCUT2D eigenvalue weighted by Crippen LogP contribution is 2.23. The van der Waals surface area contributed by atoms with Gasteiger partial charge in [-0.05, 0) is 37.1 Å². The molecule has 1 aromatic carbocycles. The maximum Gasteiger partial charge on any atom is 0.119 e. The van der Waals surface area contributed by atoms with Crippen molar-refractivity contribution in [2.75, 3.05) is 19.7 Å². The van der Waals surface area contributed by atoms with Gasteiger partial charge in [0.05, 0.1) is 4.99 Å². The molecule has 1 saturated carbocycles. The van der Waals surface area contributed by atoms with Gasteiger partial charge in [0, 0.05) is 23.6 Å². The van der Waals surface area contributed by atoms with Gasteiger partial charge in [-0.25, -0.2) is 0 Å². The number of ether oxygens (including phenoxy) is 1. The maximum absolute atomic E-state index is 5.79. The number of thiocarbonyl (C=S) groups is 1. The summed E-state index contributed by atoms with van der Waals surface area (Å²) < 4.78 is 6.85. The lowest BCUT2D eigenvalue weighted by Crippen LogP contribution is -2.41. The number of benzene rings is 1. The predicted octanol–water partition coefficient (Wildman–Crippen LogP) is 3.36. The third kappa shape index (κ3) is 5.04. The van der Waals surface area contributed by atoms with Crippen LogP contribution in [0, 0.1) is 0 Å². The van der Waals surface area contributed by atoms with Crippen molar-refractivity contribution in [3.05, 3.63) is 28.7 Å². The minimum Gasteiger partial charge on any atom is -0.492 e. The molecule has 1 aliphatic rings. The van der Waals surface area contributed by atoms with Gasteiger partial charge in [-0.15, -0.1) is 0 Å². The van der Waals surface area contributed by atoms with Crippen molar-refractivity contribution >= 4 is 33.1 Å². The van der Waals surface area contributed by atoms with Crippen molar-refractivity contribution < 1.29 is 4.74 Å². The number of hydrogen-bond acceptors (Lipinski definition) is 3. The van der Waals surface area contributed by atoms with Crippen molar-refractivity contribution in [3.8, 4) is 5.75 Å². The highest BCUT2D eigenvalue weighted by atomic mass is 79.9. The third-order valence-corrected chi connectivity index (χ3v) is 4.32. The first kappa shape index (κ1) is 15.7. The van der Waals surface area contributed by atoms with Gasteiger partial charge in [0.2, 0.25) is 0 Å². The summed E-state index contributed by atoms with van der Waals surface area (Å²) in [5, 5.41) is 0. The van der Waals surface area contributed by atoms with Crippen molar-refractivity contribution in [2.45, 2.75) is 31.7 Å². The van der Waals surface area contributed by atoms with E-state index >= 15 is 0 Å². The van der Waals surface area contributed by atoms with E-state index in [2.05, 4.69) is 20.8 Å². The molecule has 0 unspecified atom stereocenters. The Morgan fingerprint density at radius 1 is 1.30 bits per heavy atom. The lowest BCUT2D eigenvalue weighted by molar-refractivity contribution is 0.180. The molecular formula is C15H21BrN2OS. The van der Waals surface area contributed by atoms with E-state index in [4.69, 9.17) is 22.7 Å². The molecule has 20 heavy (non-hydrogen) atoms. The average molecular weight is 357 g/mol. The summed E-state index contributed by atoms with van der Waals surface area (Å²) in [6.07, 6.45) is 5.12. The zero-order chi connectivity index (χ0) is 14.4. The molecule has 110 valence electrons. The number of nitrogens with two attached hydrogens (primary N) is 1. The van der Waals surface area contributed by atoms with Gasteiger partial charge in [0.15, 0.2) is 0 Å². The zero-order valence-electron chi connectivity index (χ0n) is 11.6. The van der Waals surface area contributed by atoms with Gasteiger partial charge in [-0.3, -0.25) is 4.90 Å². The van der Waals surface area contributed by atoms with Gasteiger partial charge in [-0.1, -0.05) is 41.0 Å². The average Bonchev–Trinajstić information content (AvgIpc) is 2.93. The van der Waals surface area contributed by atoms with Crippen LogP contribution in [0.4, 0.5) is 0 Å². The summed E-state index contributed by atoms with van der Waals surface area (Å²) in [6.45, 7) is 2.24. The van der Waals surface area contributed by atoms with Gasteiger partial charge < -0.3 is 10.5 Å². The van der Waals surface area contributed by atoms with E-state index in [1.165, 1.54) is 25.7 Å². The van der Waals surface area contributed by atoms with Crippen molar-refractivity contribution in [1.29, 1.82) is 0 Å². The fourth-order valence-electron chi connectivity index (χ4n) is 2.67. The molecule has 1 fully saturated rings. The Hall–Kier alpha value is -0.650. The second-order valence-electron chi connectivity index (χ2n) is 5.18. The van der Waals surface area contributed by atoms with Crippen LogP contribution in [-0.2, 0) is 0 Å². The first-order valence-corrected chi connectivity index (χ1v) is 8.26. The van der Waals surface area contributed by atoms with E-state index < -0.39 is 0 Å². The third-order valence-electron chi connectivity index (χ3n) is 3.66. The summed E-state index contributed by atoms with van der Waals surface area (Å²) in [7, 11) is 0. The second-order valence-corrected chi connectivity index (χ2v) is 6.62. The second kappa shape index (κ2) is 7.96. The van der Waals surface area contributed by atoms with E-state index in [9.17, 15) is 0 Å². The number of rotatable bonds is 7. The summed E-state index contributed by atoms with van der Waals surface area (Å²) in [6, 6.07) is 8.53. The van der Waals surface area contributed by atoms with E-state index in [0.29, 0.717) is 24.2 Å². The Labute approximate surface area is 134 Å². The van der Waals surface area contributed by atoms with Crippen LogP contribution in [0.2, 0.25) is 0 Å². The van der Waals surface area contributed by atoms with Gasteiger partial charge in [0.25, 0.3) is 0 Å². The fourth-order valence-corrected chi connectivity index (χ4v) is 3.10. The van der Waals surface area contributed by atoms with Crippen LogP contribution in [0.5, 0.6) is 5.75 Å². The smallest absolute Gasteiger partial charge is 0.119 e. The van der Waals surface area contributed by atoms with Crippen molar-refractivity contribution in [3.63, 3.8) is 0 Å². The van der Waals surface area contributed by atoms with Crippen LogP contribution in [0.3, 0.4) is 0 Å². The maximum atomic E-state index is 5.79. The minimum absolute atomic E-state index is 0.570. The Balaban J connectivity index is 1.81. The molecule has 5 heteroatoms. The Bertz CT molecular complexity index is 432. The topological polar surface area (TPSA) is 38.5 Å². The quantitative estimate of drug-likeness (QED) is 0.760. The lowest BCUT2D eigenvalue weighted by Gasteiger charge is -2.28. The molecule has 1 aliphatic carbocycles. The molecule has 0 amide bonds. The zero-order valence-corrected chi connectivity index (χ0v) is 14.0. The molecule has 2 N–H and O–H groups in total. The largest absolute Gasteiger partial charge is 0.492 e. The molecule has 2 rings (SSSR count). The van der Waals surface area contributed by atoms with E-state index in [0.717, 1.165) is 16.8 Å². The van der Waals surface area contributed by atoms with E-state index in [1.54, 1.807) is 0 Å². The van der Waals surface area contributed by atoms with Crippen LogP contribution < -0.4 is 10.5 Å². The Kier molecular flexibility index (Phi) is 6.26. The van der Waals surface area contributed by atoms with Crippen LogP contribution >= 0.6 is 28.1 Å². The lowest BCUT2D eigenvalue weighted by atomic mass is 10.2. The van der Waals surface area contributed by atoms with Gasteiger partial charge in [-0.2, -0.15) is 0 Å². The van der Waals surface area contributed by atoms with Crippen LogP contribution in [0.25, 0.3) is 0 Å². The number of nitrogens with zero attached hydrogens (tertiary/aromatic N) is 1. The molecule has 0 bridgehead atoms. The standard InChI is InChI=1S/C15H21BrN2OS/c16-12-5-7-14(8-6-12)19-10-9-18(11-15(17)20)13-3-1-2-4-13/h5-8,13H,1-4,9-11H2,(H2,17,20). The van der Waals surface area contributed by atoms with Gasteiger partial charge in [0.1, 0.15) is 12.4 Å². The van der Waals surface area contributed by atoms with Crippen molar-refractivity contribution in [2.24, 2.45) is 5.73 Å². The normalized spacial score (nSPS) is 15.7. The van der Waals surface area contributed by atoms with Crippen LogP contribution in [0.15, 0.2) is 28.7 Å². The SMILES string of the molecule is NC(=S)CN(CCOc1ccc(Br)cc1)C1CCCC1. The molecular weight excluding hydrogens is 336 g/mol. The molecule has 0 aliphatic heterocycles. The van der Waals surface area contributed by atoms with Crippen LogP contribution in [0.1, 0.15) is 25.7 Å². The molecule has 0 spiro atoms. The fraction of sp³-hybridized carbons (Fsp3) is 0.533. The Morgan fingerprint density at radius 2 is 1.95 bits per heavy atom. The number of halogens is 1. The van der Waals surface area contributed by atoms with Crippen LogP contribution in [-0.4, -0.2) is 35.6 Å². The summed E-state index contributed by atoms with van der Waals surface area (Å²) >= 11 is 8.47. The molecule has 0 atom stereocenters. The van der Waals surface area contributed by atoms with E-state index in [1.807, 2.05) is 24.3 Å². The summed E-state index contributed by atoms with van der Waals surface area (Å²) in [5.41, 5.74) is 5.70. The molecule has 0 radical (unpaired) electrons. The summed E-state index contributed by atoms with van der Waals surface area (Å²) in [5.74, 6) is 0.898. The predicted molar refractivity (Wildman–Crippen MR) is 90.3 cm³/mol. The van der Waals surface area contributed by atoms with E-state index in [-0.39, 0.29) is 0 Å². The monoisotopic (exact) mass is 356 g/mol. The molecule has 0 heterocycles. The number of hydrogen-bond donors (Lipinski definition) is 1. The molecule has 0 saturated heterocycles. The Morgan fingerprint density at radius 3 is 2.55 bits per heavy atom. The molecule has 0 aromatic heterocycles. The summed E-state index contributed by atoms with van der Waals surface area (Å²) in [4.78, 5) is 2.94. The first-order valence-electron chi connectivity index (χ1n) is 7.06. The molecule has 3 nitrogen and oxygen atoms in total. The van der Waals surface area contributed by atoms with Crippen molar-refractivity contribution in [1.82, 2.24) is 4.90 Å². The molecule has 1 aromatic rings. The minimum atomic E-state index is 0.570. The highest BCUT2D eigenvalue weighted by molar-refractivity contribution is 9.10. The van der Waals surface area contributed by atoms with Gasteiger partial charge >= 0.3 is 0 Å².